The molecule has 2 aromatic rings. The largest absolute Gasteiger partial charge is 0.367 e. The first kappa shape index (κ1) is 9.78. The van der Waals surface area contributed by atoms with E-state index in [9.17, 15) is 0 Å². The van der Waals surface area contributed by atoms with E-state index in [1.807, 2.05) is 11.8 Å². The number of thioether (sulfide) groups is 1. The van der Waals surface area contributed by atoms with Crippen molar-refractivity contribution in [1.29, 1.82) is 0 Å². The predicted molar refractivity (Wildman–Crippen MR) is 66.4 cm³/mol. The van der Waals surface area contributed by atoms with Crippen LogP contribution in [-0.4, -0.2) is 16.7 Å². The second kappa shape index (κ2) is 3.87. The number of nitrogens with zero attached hydrogens (tertiary/aromatic N) is 1. The predicted octanol–water partition coefficient (Wildman–Crippen LogP) is 2.75. The van der Waals surface area contributed by atoms with Gasteiger partial charge in [0, 0.05) is 17.4 Å². The van der Waals surface area contributed by atoms with Gasteiger partial charge >= 0.3 is 0 Å². The molecule has 0 unspecified atom stereocenters. The van der Waals surface area contributed by atoms with E-state index in [0.717, 1.165) is 17.0 Å². The molecule has 82 valence electrons. The molecular weight excluding hydrogens is 220 g/mol. The lowest BCUT2D eigenvalue weighted by molar-refractivity contribution is 0.436. The van der Waals surface area contributed by atoms with Crippen molar-refractivity contribution in [2.45, 2.75) is 5.92 Å². The molecule has 0 amide bonds. The Morgan fingerprint density at radius 3 is 2.50 bits per heavy atom. The highest BCUT2D eigenvalue weighted by Gasteiger charge is 2.20. The summed E-state index contributed by atoms with van der Waals surface area (Å²) >= 11 is 2.00. The zero-order chi connectivity index (χ0) is 11.0. The molecule has 1 saturated heterocycles. The second-order valence-electron chi connectivity index (χ2n) is 3.96. The molecule has 0 saturated carbocycles. The lowest BCUT2D eigenvalue weighted by atomic mass is 9.99. The van der Waals surface area contributed by atoms with E-state index >= 15 is 0 Å². The van der Waals surface area contributed by atoms with Gasteiger partial charge in [-0.15, -0.1) is 0 Å². The van der Waals surface area contributed by atoms with Gasteiger partial charge in [-0.2, -0.15) is 11.8 Å². The summed E-state index contributed by atoms with van der Waals surface area (Å²) in [5.74, 6) is 3.61. The van der Waals surface area contributed by atoms with Crippen LogP contribution in [0.15, 0.2) is 35.0 Å². The number of anilines is 1. The molecule has 16 heavy (non-hydrogen) atoms. The Bertz CT molecular complexity index is 488. The summed E-state index contributed by atoms with van der Waals surface area (Å²) in [6.07, 6.45) is 1.66. The van der Waals surface area contributed by atoms with Crippen molar-refractivity contribution >= 4 is 17.6 Å². The van der Waals surface area contributed by atoms with Crippen molar-refractivity contribution in [3.63, 3.8) is 0 Å². The van der Waals surface area contributed by atoms with Crippen molar-refractivity contribution in [2.75, 3.05) is 17.2 Å². The zero-order valence-electron chi connectivity index (χ0n) is 8.72. The van der Waals surface area contributed by atoms with Gasteiger partial charge in [-0.1, -0.05) is 29.4 Å². The molecule has 1 aromatic heterocycles. The summed E-state index contributed by atoms with van der Waals surface area (Å²) in [6.45, 7) is 0. The van der Waals surface area contributed by atoms with Crippen LogP contribution in [0.2, 0.25) is 0 Å². The third kappa shape index (κ3) is 1.59. The van der Waals surface area contributed by atoms with Crippen LogP contribution in [0.3, 0.4) is 0 Å². The lowest BCUT2D eigenvalue weighted by Crippen LogP contribution is -2.15. The van der Waals surface area contributed by atoms with Crippen LogP contribution in [0, 0.1) is 0 Å². The Morgan fingerprint density at radius 2 is 2.00 bits per heavy atom. The topological polar surface area (TPSA) is 52.0 Å². The maximum atomic E-state index is 5.68. The summed E-state index contributed by atoms with van der Waals surface area (Å²) in [4.78, 5) is 0. The van der Waals surface area contributed by atoms with Crippen molar-refractivity contribution in [1.82, 2.24) is 5.16 Å². The minimum atomic E-state index is 0.381. The van der Waals surface area contributed by atoms with Crippen LogP contribution in [0.25, 0.3) is 11.1 Å². The molecule has 1 aromatic carbocycles. The molecule has 1 fully saturated rings. The highest BCUT2D eigenvalue weighted by atomic mass is 32.2. The van der Waals surface area contributed by atoms with E-state index < -0.39 is 0 Å². The lowest BCUT2D eigenvalue weighted by Gasteiger charge is -2.25. The molecule has 4 heteroatoms. The van der Waals surface area contributed by atoms with Crippen LogP contribution in [0.1, 0.15) is 11.5 Å². The number of nitrogens with two attached hydrogens (primary N) is 1. The summed E-state index contributed by atoms with van der Waals surface area (Å²) in [5.41, 5.74) is 9.02. The Labute approximate surface area is 98.0 Å². The molecule has 0 radical (unpaired) electrons. The van der Waals surface area contributed by atoms with E-state index in [1.165, 1.54) is 17.1 Å². The van der Waals surface area contributed by atoms with Crippen molar-refractivity contribution in [3.8, 4) is 11.1 Å². The van der Waals surface area contributed by atoms with Gasteiger partial charge in [0.15, 0.2) is 0 Å². The Kier molecular flexibility index (Phi) is 2.36. The summed E-state index contributed by atoms with van der Waals surface area (Å²) in [5, 5.41) is 3.68. The van der Waals surface area contributed by atoms with Gasteiger partial charge in [-0.05, 0) is 11.1 Å². The van der Waals surface area contributed by atoms with Gasteiger partial charge in [0.2, 0.25) is 5.88 Å². The van der Waals surface area contributed by atoms with Crippen molar-refractivity contribution < 1.29 is 4.52 Å². The number of nitrogen functional groups attached to an aromatic ring is 1. The molecule has 0 atom stereocenters. The zero-order valence-corrected chi connectivity index (χ0v) is 9.54. The van der Waals surface area contributed by atoms with E-state index in [2.05, 4.69) is 29.4 Å². The summed E-state index contributed by atoms with van der Waals surface area (Å²) in [6, 6.07) is 8.51. The fourth-order valence-corrected chi connectivity index (χ4v) is 2.68. The summed E-state index contributed by atoms with van der Waals surface area (Å²) < 4.78 is 4.85. The van der Waals surface area contributed by atoms with Gasteiger partial charge in [0.05, 0.1) is 11.8 Å². The number of hydrogen-bond donors (Lipinski definition) is 1. The van der Waals surface area contributed by atoms with Crippen LogP contribution < -0.4 is 5.73 Å². The van der Waals surface area contributed by atoms with Gasteiger partial charge < -0.3 is 10.3 Å². The van der Waals surface area contributed by atoms with Gasteiger partial charge in [0.1, 0.15) is 0 Å². The monoisotopic (exact) mass is 232 g/mol. The number of benzene rings is 1. The van der Waals surface area contributed by atoms with E-state index in [0.29, 0.717) is 5.88 Å². The van der Waals surface area contributed by atoms with Crippen LogP contribution in [-0.2, 0) is 0 Å². The molecule has 0 aliphatic carbocycles. The Balaban J connectivity index is 1.90. The molecule has 1 aliphatic heterocycles. The van der Waals surface area contributed by atoms with Crippen LogP contribution >= 0.6 is 11.8 Å². The number of hydrogen-bond acceptors (Lipinski definition) is 4. The first-order valence-electron chi connectivity index (χ1n) is 5.23. The number of rotatable bonds is 2. The van der Waals surface area contributed by atoms with E-state index in [1.54, 1.807) is 6.20 Å². The standard InChI is InChI=1S/C12H12N2OS/c13-12-11(5-14-15-12)9-3-1-8(2-4-9)10-6-16-7-10/h1-5,10H,6-7,13H2. The average molecular weight is 232 g/mol. The Morgan fingerprint density at radius 1 is 1.25 bits per heavy atom. The van der Waals surface area contributed by atoms with Gasteiger partial charge in [-0.25, -0.2) is 0 Å². The van der Waals surface area contributed by atoms with Crippen LogP contribution in [0.4, 0.5) is 5.88 Å². The normalized spacial score (nSPS) is 16.0. The smallest absolute Gasteiger partial charge is 0.229 e. The van der Waals surface area contributed by atoms with Crippen molar-refractivity contribution in [2.24, 2.45) is 0 Å². The third-order valence-electron chi connectivity index (χ3n) is 2.93. The first-order chi connectivity index (χ1) is 7.84. The minimum Gasteiger partial charge on any atom is -0.367 e. The van der Waals surface area contributed by atoms with Gasteiger partial charge in [0.25, 0.3) is 0 Å². The third-order valence-corrected chi connectivity index (χ3v) is 4.21. The molecule has 3 rings (SSSR count). The highest BCUT2D eigenvalue weighted by molar-refractivity contribution is 8.00. The fraction of sp³-hybridized carbons (Fsp3) is 0.250. The van der Waals surface area contributed by atoms with Crippen LogP contribution in [0.5, 0.6) is 0 Å². The SMILES string of the molecule is Nc1oncc1-c1ccc(C2CSC2)cc1. The number of aromatic nitrogens is 1. The maximum Gasteiger partial charge on any atom is 0.229 e. The van der Waals surface area contributed by atoms with E-state index in [4.69, 9.17) is 10.3 Å². The maximum absolute atomic E-state index is 5.68. The molecule has 1 aliphatic rings. The highest BCUT2D eigenvalue weighted by Crippen LogP contribution is 2.35. The molecule has 2 heterocycles. The second-order valence-corrected chi connectivity index (χ2v) is 5.04. The molecular formula is C12H12N2OS. The van der Waals surface area contributed by atoms with E-state index in [-0.39, 0.29) is 0 Å². The average Bonchev–Trinajstić information content (AvgIpc) is 2.63. The molecule has 0 bridgehead atoms. The first-order valence-corrected chi connectivity index (χ1v) is 6.38. The van der Waals surface area contributed by atoms with Gasteiger partial charge in [-0.3, -0.25) is 0 Å². The fourth-order valence-electron chi connectivity index (χ4n) is 1.83. The molecule has 2 N–H and O–H groups in total. The Hall–Kier alpha value is -1.42. The van der Waals surface area contributed by atoms with Crippen molar-refractivity contribution in [3.05, 3.63) is 36.0 Å². The molecule has 0 spiro atoms. The quantitative estimate of drug-likeness (QED) is 0.865. The summed E-state index contributed by atoms with van der Waals surface area (Å²) in [7, 11) is 0. The molecule has 3 nitrogen and oxygen atoms in total. The minimum absolute atomic E-state index is 0.381.